The molecule has 1 aliphatic heterocycles. The lowest BCUT2D eigenvalue weighted by Gasteiger charge is -2.32. The Morgan fingerprint density at radius 1 is 1.37 bits per heavy atom. The average Bonchev–Trinajstić information content (AvgIpc) is 2.40. The molecule has 0 bridgehead atoms. The maximum Gasteiger partial charge on any atom is 0.129 e. The zero-order valence-electron chi connectivity index (χ0n) is 11.9. The molecule has 0 amide bonds. The number of halogens is 1. The van der Waals surface area contributed by atoms with Crippen molar-refractivity contribution in [1.29, 1.82) is 0 Å². The van der Waals surface area contributed by atoms with E-state index in [1.807, 2.05) is 12.1 Å². The van der Waals surface area contributed by atoms with Crippen LogP contribution in [0.4, 0.5) is 4.39 Å². The highest BCUT2D eigenvalue weighted by Crippen LogP contribution is 2.34. The van der Waals surface area contributed by atoms with Crippen LogP contribution >= 0.6 is 0 Å². The second kappa shape index (κ2) is 7.01. The predicted molar refractivity (Wildman–Crippen MR) is 75.5 cm³/mol. The second-order valence-electron chi connectivity index (χ2n) is 5.77. The third kappa shape index (κ3) is 4.02. The summed E-state index contributed by atoms with van der Waals surface area (Å²) in [6.45, 7) is 7.02. The van der Waals surface area contributed by atoms with Crippen molar-refractivity contribution in [2.24, 2.45) is 11.8 Å². The van der Waals surface area contributed by atoms with Crippen LogP contribution in [0.5, 0.6) is 0 Å². The minimum absolute atomic E-state index is 0.102. The second-order valence-corrected chi connectivity index (χ2v) is 5.77. The first kappa shape index (κ1) is 14.5. The van der Waals surface area contributed by atoms with Crippen LogP contribution in [0.1, 0.15) is 38.4 Å². The SMILES string of the molecule is CC(C)CNCC1CCCOC1c1ccccc1F. The first-order chi connectivity index (χ1) is 9.18. The van der Waals surface area contributed by atoms with Gasteiger partial charge in [-0.05, 0) is 31.4 Å². The van der Waals surface area contributed by atoms with Gasteiger partial charge in [0.05, 0.1) is 6.10 Å². The van der Waals surface area contributed by atoms with E-state index < -0.39 is 0 Å². The number of rotatable bonds is 5. The van der Waals surface area contributed by atoms with Gasteiger partial charge < -0.3 is 10.1 Å². The molecule has 1 saturated heterocycles. The Kier molecular flexibility index (Phi) is 5.34. The smallest absolute Gasteiger partial charge is 0.129 e. The van der Waals surface area contributed by atoms with E-state index in [0.717, 1.165) is 32.5 Å². The fourth-order valence-corrected chi connectivity index (χ4v) is 2.66. The molecule has 1 aliphatic rings. The van der Waals surface area contributed by atoms with Gasteiger partial charge in [0.25, 0.3) is 0 Å². The minimum Gasteiger partial charge on any atom is -0.373 e. The zero-order valence-corrected chi connectivity index (χ0v) is 11.9. The third-order valence-corrected chi connectivity index (χ3v) is 3.62. The number of hydrogen-bond acceptors (Lipinski definition) is 2. The summed E-state index contributed by atoms with van der Waals surface area (Å²) in [6, 6.07) is 6.98. The van der Waals surface area contributed by atoms with Gasteiger partial charge in [0, 0.05) is 24.6 Å². The van der Waals surface area contributed by atoms with Gasteiger partial charge in [-0.25, -0.2) is 4.39 Å². The number of benzene rings is 1. The van der Waals surface area contributed by atoms with Crippen LogP contribution in [-0.4, -0.2) is 19.7 Å². The van der Waals surface area contributed by atoms with E-state index in [2.05, 4.69) is 19.2 Å². The molecule has 0 saturated carbocycles. The van der Waals surface area contributed by atoms with Crippen molar-refractivity contribution in [3.8, 4) is 0 Å². The lowest BCUT2D eigenvalue weighted by molar-refractivity contribution is -0.0297. The highest BCUT2D eigenvalue weighted by Gasteiger charge is 2.28. The molecule has 1 N–H and O–H groups in total. The van der Waals surface area contributed by atoms with Crippen molar-refractivity contribution in [1.82, 2.24) is 5.32 Å². The van der Waals surface area contributed by atoms with Gasteiger partial charge in [-0.3, -0.25) is 0 Å². The number of nitrogens with one attached hydrogen (secondary N) is 1. The normalized spacial score (nSPS) is 23.8. The van der Waals surface area contributed by atoms with E-state index in [1.165, 1.54) is 6.07 Å². The molecule has 0 spiro atoms. The van der Waals surface area contributed by atoms with Crippen LogP contribution < -0.4 is 5.32 Å². The molecule has 1 heterocycles. The number of ether oxygens (including phenoxy) is 1. The molecule has 0 aromatic heterocycles. The molecular weight excluding hydrogens is 241 g/mol. The molecule has 2 rings (SSSR count). The summed E-state index contributed by atoms with van der Waals surface area (Å²) in [5.74, 6) is 0.851. The summed E-state index contributed by atoms with van der Waals surface area (Å²) in [6.07, 6.45) is 2.07. The van der Waals surface area contributed by atoms with Crippen molar-refractivity contribution in [3.05, 3.63) is 35.6 Å². The Labute approximate surface area is 115 Å². The van der Waals surface area contributed by atoms with E-state index in [-0.39, 0.29) is 11.9 Å². The van der Waals surface area contributed by atoms with Crippen LogP contribution in [0.15, 0.2) is 24.3 Å². The summed E-state index contributed by atoms with van der Waals surface area (Å²) >= 11 is 0. The third-order valence-electron chi connectivity index (χ3n) is 3.62. The van der Waals surface area contributed by atoms with Gasteiger partial charge in [0.15, 0.2) is 0 Å². The Morgan fingerprint density at radius 3 is 2.89 bits per heavy atom. The predicted octanol–water partition coefficient (Wildman–Crippen LogP) is 3.54. The van der Waals surface area contributed by atoms with Crippen molar-refractivity contribution in [2.75, 3.05) is 19.7 Å². The molecule has 2 nitrogen and oxygen atoms in total. The van der Waals surface area contributed by atoms with E-state index in [0.29, 0.717) is 17.4 Å². The number of hydrogen-bond donors (Lipinski definition) is 1. The summed E-state index contributed by atoms with van der Waals surface area (Å²) in [4.78, 5) is 0. The van der Waals surface area contributed by atoms with Crippen molar-refractivity contribution in [2.45, 2.75) is 32.8 Å². The van der Waals surface area contributed by atoms with Gasteiger partial charge in [0.1, 0.15) is 5.82 Å². The highest BCUT2D eigenvalue weighted by molar-refractivity contribution is 5.21. The fraction of sp³-hybridized carbons (Fsp3) is 0.625. The van der Waals surface area contributed by atoms with Gasteiger partial charge in [-0.2, -0.15) is 0 Å². The highest BCUT2D eigenvalue weighted by atomic mass is 19.1. The Hall–Kier alpha value is -0.930. The van der Waals surface area contributed by atoms with Gasteiger partial charge in [0.2, 0.25) is 0 Å². The standard InChI is InChI=1S/C16H24FNO/c1-12(2)10-18-11-13-6-5-9-19-16(13)14-7-3-4-8-15(14)17/h3-4,7-8,12-13,16,18H,5-6,9-11H2,1-2H3. The van der Waals surface area contributed by atoms with Crippen LogP contribution in [0, 0.1) is 17.7 Å². The maximum atomic E-state index is 13.9. The van der Waals surface area contributed by atoms with Crippen LogP contribution in [0.3, 0.4) is 0 Å². The molecule has 1 fully saturated rings. The lowest BCUT2D eigenvalue weighted by atomic mass is 9.89. The summed E-state index contributed by atoms with van der Waals surface area (Å²) in [7, 11) is 0. The van der Waals surface area contributed by atoms with E-state index >= 15 is 0 Å². The lowest BCUT2D eigenvalue weighted by Crippen LogP contribution is -2.33. The molecule has 2 atom stereocenters. The van der Waals surface area contributed by atoms with Gasteiger partial charge in [-0.15, -0.1) is 0 Å². The maximum absolute atomic E-state index is 13.9. The summed E-state index contributed by atoms with van der Waals surface area (Å²) < 4.78 is 19.7. The molecule has 1 aromatic carbocycles. The van der Waals surface area contributed by atoms with Crippen LogP contribution in [0.25, 0.3) is 0 Å². The Morgan fingerprint density at radius 2 is 2.16 bits per heavy atom. The van der Waals surface area contributed by atoms with Crippen LogP contribution in [0.2, 0.25) is 0 Å². The van der Waals surface area contributed by atoms with Crippen LogP contribution in [-0.2, 0) is 4.74 Å². The molecule has 2 unspecified atom stereocenters. The molecular formula is C16H24FNO. The first-order valence-corrected chi connectivity index (χ1v) is 7.25. The average molecular weight is 265 g/mol. The van der Waals surface area contributed by atoms with Crippen molar-refractivity contribution >= 4 is 0 Å². The minimum atomic E-state index is -0.150. The zero-order chi connectivity index (χ0) is 13.7. The largest absolute Gasteiger partial charge is 0.373 e. The molecule has 3 heteroatoms. The van der Waals surface area contributed by atoms with Crippen molar-refractivity contribution in [3.63, 3.8) is 0 Å². The van der Waals surface area contributed by atoms with Gasteiger partial charge >= 0.3 is 0 Å². The molecule has 0 radical (unpaired) electrons. The van der Waals surface area contributed by atoms with E-state index in [1.54, 1.807) is 6.07 Å². The first-order valence-electron chi connectivity index (χ1n) is 7.25. The molecule has 19 heavy (non-hydrogen) atoms. The Bertz CT molecular complexity index is 394. The molecule has 1 aromatic rings. The quantitative estimate of drug-likeness (QED) is 0.879. The topological polar surface area (TPSA) is 21.3 Å². The molecule has 0 aliphatic carbocycles. The molecule has 106 valence electrons. The summed E-state index contributed by atoms with van der Waals surface area (Å²) in [5.41, 5.74) is 0.707. The van der Waals surface area contributed by atoms with Gasteiger partial charge in [-0.1, -0.05) is 32.0 Å². The van der Waals surface area contributed by atoms with Crippen molar-refractivity contribution < 1.29 is 9.13 Å². The summed E-state index contributed by atoms with van der Waals surface area (Å²) in [5, 5.41) is 3.47. The fourth-order valence-electron chi connectivity index (χ4n) is 2.66. The van der Waals surface area contributed by atoms with E-state index in [9.17, 15) is 4.39 Å². The monoisotopic (exact) mass is 265 g/mol. The van der Waals surface area contributed by atoms with E-state index in [4.69, 9.17) is 4.74 Å². The Balaban J connectivity index is 2.02.